The van der Waals surface area contributed by atoms with Crippen molar-refractivity contribution in [2.45, 2.75) is 20.3 Å². The van der Waals surface area contributed by atoms with Gasteiger partial charge in [-0.2, -0.15) is 5.10 Å². The smallest absolute Gasteiger partial charge is 0.178 e. The first-order valence-corrected chi connectivity index (χ1v) is 7.42. The maximum Gasteiger partial charge on any atom is 0.178 e. The van der Waals surface area contributed by atoms with Crippen molar-refractivity contribution < 1.29 is 4.39 Å². The van der Waals surface area contributed by atoms with Crippen LogP contribution in [0.15, 0.2) is 24.4 Å². The zero-order chi connectivity index (χ0) is 15.3. The number of aromatic nitrogens is 3. The van der Waals surface area contributed by atoms with Crippen molar-refractivity contribution >= 4 is 11.3 Å². The number of imidazole rings is 1. The van der Waals surface area contributed by atoms with E-state index < -0.39 is 0 Å². The molecule has 1 fully saturated rings. The van der Waals surface area contributed by atoms with E-state index in [9.17, 15) is 4.39 Å². The van der Waals surface area contributed by atoms with Crippen molar-refractivity contribution in [2.24, 2.45) is 0 Å². The van der Waals surface area contributed by atoms with Gasteiger partial charge in [-0.25, -0.2) is 13.9 Å². The summed E-state index contributed by atoms with van der Waals surface area (Å²) < 4.78 is 15.6. The van der Waals surface area contributed by atoms with E-state index in [0.717, 1.165) is 35.7 Å². The Morgan fingerprint density at radius 2 is 1.91 bits per heavy atom. The molecule has 0 bridgehead atoms. The average Bonchev–Trinajstić information content (AvgIpc) is 2.87. The molecular formula is C17H16FN4. The van der Waals surface area contributed by atoms with Gasteiger partial charge in [-0.15, -0.1) is 0 Å². The van der Waals surface area contributed by atoms with Crippen molar-refractivity contribution in [3.63, 3.8) is 0 Å². The second-order valence-corrected chi connectivity index (χ2v) is 5.79. The molecule has 0 saturated carbocycles. The Bertz CT molecular complexity index is 841. The fourth-order valence-corrected chi connectivity index (χ4v) is 2.90. The highest BCUT2D eigenvalue weighted by atomic mass is 19.1. The van der Waals surface area contributed by atoms with E-state index >= 15 is 0 Å². The van der Waals surface area contributed by atoms with Crippen LogP contribution in [0.2, 0.25) is 0 Å². The molecule has 0 spiro atoms. The number of benzene rings is 1. The largest absolute Gasteiger partial charge is 0.368 e. The van der Waals surface area contributed by atoms with Crippen molar-refractivity contribution in [1.82, 2.24) is 14.6 Å². The summed E-state index contributed by atoms with van der Waals surface area (Å²) >= 11 is 0. The average molecular weight is 295 g/mol. The lowest BCUT2D eigenvalue weighted by Crippen LogP contribution is -2.37. The monoisotopic (exact) mass is 295 g/mol. The Kier molecular flexibility index (Phi) is 2.89. The molecule has 2 aromatic heterocycles. The van der Waals surface area contributed by atoms with Gasteiger partial charge in [0.2, 0.25) is 0 Å². The molecule has 1 aliphatic rings. The van der Waals surface area contributed by atoms with E-state index in [-0.39, 0.29) is 5.82 Å². The van der Waals surface area contributed by atoms with E-state index in [2.05, 4.69) is 21.2 Å². The van der Waals surface area contributed by atoms with Gasteiger partial charge in [-0.05, 0) is 49.6 Å². The molecule has 111 valence electrons. The fourth-order valence-electron chi connectivity index (χ4n) is 2.90. The second-order valence-electron chi connectivity index (χ2n) is 5.79. The summed E-state index contributed by atoms with van der Waals surface area (Å²) in [5.41, 5.74) is 4.78. The molecule has 0 unspecified atom stereocenters. The predicted molar refractivity (Wildman–Crippen MR) is 83.5 cm³/mol. The minimum Gasteiger partial charge on any atom is -0.368 e. The van der Waals surface area contributed by atoms with E-state index in [1.54, 1.807) is 24.6 Å². The Balaban J connectivity index is 1.89. The zero-order valence-electron chi connectivity index (χ0n) is 12.6. The van der Waals surface area contributed by atoms with Crippen LogP contribution >= 0.6 is 0 Å². The molecule has 4 rings (SSSR count). The van der Waals surface area contributed by atoms with Crippen LogP contribution in [0.4, 0.5) is 10.1 Å². The van der Waals surface area contributed by atoms with E-state index in [4.69, 9.17) is 0 Å². The number of halogens is 1. The first kappa shape index (κ1) is 13.2. The molecule has 0 amide bonds. The van der Waals surface area contributed by atoms with Gasteiger partial charge in [-0.3, -0.25) is 0 Å². The van der Waals surface area contributed by atoms with E-state index in [0.29, 0.717) is 11.1 Å². The van der Waals surface area contributed by atoms with Gasteiger partial charge >= 0.3 is 0 Å². The van der Waals surface area contributed by atoms with Crippen LogP contribution in [-0.2, 0) is 0 Å². The Morgan fingerprint density at radius 3 is 2.55 bits per heavy atom. The molecular weight excluding hydrogens is 279 g/mol. The maximum absolute atomic E-state index is 13.8. The third-order valence-electron chi connectivity index (χ3n) is 4.23. The van der Waals surface area contributed by atoms with Crippen LogP contribution in [0.1, 0.15) is 17.5 Å². The molecule has 0 aliphatic carbocycles. The van der Waals surface area contributed by atoms with Gasteiger partial charge in [0.15, 0.2) is 5.65 Å². The number of hydrogen-bond donors (Lipinski definition) is 0. The first-order valence-electron chi connectivity index (χ1n) is 7.42. The Morgan fingerprint density at radius 1 is 1.18 bits per heavy atom. The molecule has 0 N–H and O–H groups in total. The number of rotatable bonds is 2. The molecule has 1 aromatic carbocycles. The maximum atomic E-state index is 13.8. The summed E-state index contributed by atoms with van der Waals surface area (Å²) in [5.74, 6) is -0.160. The minimum absolute atomic E-state index is 0.160. The highest BCUT2D eigenvalue weighted by Crippen LogP contribution is 2.29. The van der Waals surface area contributed by atoms with Gasteiger partial charge in [0.25, 0.3) is 0 Å². The van der Waals surface area contributed by atoms with Gasteiger partial charge < -0.3 is 4.90 Å². The standard InChI is InChI=1S/C17H16FN4/c1-11-8-13(9-12(2)16(11)18)15-10-19-17-14(21-6-3-7-21)4-5-20-22(15)17/h4-5,8-9H,3,6-7H2,1-2H3. The molecule has 1 aliphatic heterocycles. The molecule has 5 heteroatoms. The van der Waals surface area contributed by atoms with E-state index in [1.165, 1.54) is 6.42 Å². The van der Waals surface area contributed by atoms with Crippen LogP contribution in [0.5, 0.6) is 0 Å². The minimum atomic E-state index is -0.160. The van der Waals surface area contributed by atoms with Crippen LogP contribution in [-0.4, -0.2) is 27.7 Å². The van der Waals surface area contributed by atoms with Crippen LogP contribution in [0.3, 0.4) is 0 Å². The predicted octanol–water partition coefficient (Wildman–Crippen LogP) is 3.16. The summed E-state index contributed by atoms with van der Waals surface area (Å²) in [5, 5.41) is 4.40. The zero-order valence-corrected chi connectivity index (χ0v) is 12.6. The molecule has 1 saturated heterocycles. The van der Waals surface area contributed by atoms with Crippen molar-refractivity contribution in [3.05, 3.63) is 47.5 Å². The van der Waals surface area contributed by atoms with Gasteiger partial charge in [0.1, 0.15) is 17.7 Å². The van der Waals surface area contributed by atoms with Crippen molar-refractivity contribution in [1.29, 1.82) is 0 Å². The number of anilines is 1. The highest BCUT2D eigenvalue weighted by Gasteiger charge is 2.20. The molecule has 22 heavy (non-hydrogen) atoms. The quantitative estimate of drug-likeness (QED) is 0.728. The summed E-state index contributed by atoms with van der Waals surface area (Å²) in [6, 6.07) is 5.63. The van der Waals surface area contributed by atoms with Crippen LogP contribution in [0, 0.1) is 25.9 Å². The number of nitrogens with zero attached hydrogens (tertiary/aromatic N) is 4. The summed E-state index contributed by atoms with van der Waals surface area (Å²) in [6.45, 7) is 5.65. The van der Waals surface area contributed by atoms with Crippen LogP contribution < -0.4 is 4.90 Å². The number of hydrogen-bond acceptors (Lipinski definition) is 3. The Hall–Kier alpha value is -2.43. The summed E-state index contributed by atoms with van der Waals surface area (Å²) in [6.07, 6.45) is 6.04. The van der Waals surface area contributed by atoms with Gasteiger partial charge in [0, 0.05) is 18.7 Å². The lowest BCUT2D eigenvalue weighted by molar-refractivity contribution is 0.609. The number of aryl methyl sites for hydroxylation is 2. The SMILES string of the molecule is Cc1cc(-c2[c]nc3c(N4CCC4)ccnn23)cc(C)c1F. The van der Waals surface area contributed by atoms with Crippen LogP contribution in [0.25, 0.3) is 16.9 Å². The first-order chi connectivity index (χ1) is 10.6. The highest BCUT2D eigenvalue weighted by molar-refractivity contribution is 5.74. The number of fused-ring (bicyclic) bond motifs is 1. The third kappa shape index (κ3) is 1.89. The molecule has 4 nitrogen and oxygen atoms in total. The summed E-state index contributed by atoms with van der Waals surface area (Å²) in [4.78, 5) is 6.70. The third-order valence-corrected chi connectivity index (χ3v) is 4.23. The molecule has 3 heterocycles. The topological polar surface area (TPSA) is 33.4 Å². The summed E-state index contributed by atoms with van der Waals surface area (Å²) in [7, 11) is 0. The second kappa shape index (κ2) is 4.80. The molecule has 3 aromatic rings. The molecule has 1 radical (unpaired) electrons. The van der Waals surface area contributed by atoms with Gasteiger partial charge in [0.05, 0.1) is 11.9 Å². The lowest BCUT2D eigenvalue weighted by atomic mass is 10.0. The normalized spacial score (nSPS) is 14.4. The van der Waals surface area contributed by atoms with Crippen molar-refractivity contribution in [3.8, 4) is 11.3 Å². The van der Waals surface area contributed by atoms with E-state index in [1.807, 2.05) is 18.2 Å². The lowest BCUT2D eigenvalue weighted by Gasteiger charge is -2.32. The molecule has 0 atom stereocenters. The van der Waals surface area contributed by atoms with Crippen molar-refractivity contribution in [2.75, 3.05) is 18.0 Å². The Labute approximate surface area is 128 Å². The van der Waals surface area contributed by atoms with Gasteiger partial charge in [-0.1, -0.05) is 0 Å². The fraction of sp³-hybridized carbons (Fsp3) is 0.294.